The maximum atomic E-state index is 8.59. The Kier molecular flexibility index (Phi) is 51.8. The summed E-state index contributed by atoms with van der Waals surface area (Å²) in [6.07, 6.45) is 15.8. The van der Waals surface area contributed by atoms with Gasteiger partial charge in [-0.2, -0.15) is 0 Å². The van der Waals surface area contributed by atoms with Crippen LogP contribution in [0.15, 0.2) is 0 Å². The lowest BCUT2D eigenvalue weighted by Gasteiger charge is -2.34. The Hall–Kier alpha value is -0.840. The summed E-state index contributed by atoms with van der Waals surface area (Å²) in [5.74, 6) is 0. The van der Waals surface area contributed by atoms with Crippen LogP contribution in [-0.2, 0) is 85.3 Å². The van der Waals surface area contributed by atoms with Gasteiger partial charge in [0.1, 0.15) is 40.3 Å². The molecule has 0 aromatic carbocycles. The summed E-state index contributed by atoms with van der Waals surface area (Å²) in [6, 6.07) is 0. The first-order valence-corrected chi connectivity index (χ1v) is 21.1. The van der Waals surface area contributed by atoms with Crippen LogP contribution in [0, 0.1) is 0 Å². The normalized spacial score (nSPS) is 12.0. The van der Waals surface area contributed by atoms with Gasteiger partial charge in [-0.05, 0) is 12.8 Å². The molecule has 60 heavy (non-hydrogen) atoms. The summed E-state index contributed by atoms with van der Waals surface area (Å²) in [5, 5.41) is 17.2. The molecule has 0 aromatic rings. The Balaban J connectivity index is 4.00. The maximum absolute atomic E-state index is 8.59. The molecule has 2 N–H and O–H groups in total. The summed E-state index contributed by atoms with van der Waals surface area (Å²) < 4.78 is 94.5. The van der Waals surface area contributed by atoms with Gasteiger partial charge < -0.3 is 100.0 Å². The van der Waals surface area contributed by atoms with Crippen LogP contribution < -0.4 is 0 Å². The van der Waals surface area contributed by atoms with Gasteiger partial charge in [-0.3, -0.25) is 0 Å². The first kappa shape index (κ1) is 59.2. The smallest absolute Gasteiger partial charge is 0.152 e. The number of unbranched alkanes of at least 4 members (excludes halogenated alkanes) is 11. The second-order valence-electron chi connectivity index (χ2n) is 13.5. The van der Waals surface area contributed by atoms with Gasteiger partial charge in [0.05, 0.1) is 53.2 Å². The number of likely N-dealkylation sites (N-methyl/N-ethyl adjacent to an activating group) is 1. The van der Waals surface area contributed by atoms with Crippen LogP contribution in [0.25, 0.3) is 0 Å². The fraction of sp³-hybridized carbons (Fsp3) is 1.00. The van der Waals surface area contributed by atoms with Crippen LogP contribution in [0.5, 0.6) is 0 Å². The van der Waals surface area contributed by atoms with E-state index in [0.717, 1.165) is 30.5 Å². The highest BCUT2D eigenvalue weighted by Gasteiger charge is 2.21. The second-order valence-corrected chi connectivity index (χ2v) is 13.5. The molecule has 21 nitrogen and oxygen atoms in total. The van der Waals surface area contributed by atoms with Crippen molar-refractivity contribution in [1.82, 2.24) is 0 Å². The van der Waals surface area contributed by atoms with E-state index >= 15 is 0 Å². The molecule has 0 spiro atoms. The molecule has 0 saturated heterocycles. The fourth-order valence-electron chi connectivity index (χ4n) is 5.02. The van der Waals surface area contributed by atoms with Gasteiger partial charge in [-0.25, -0.2) is 0 Å². The Morgan fingerprint density at radius 2 is 0.483 bits per heavy atom. The monoisotopic (exact) mass is 885 g/mol. The molecular weight excluding hydrogens is 802 g/mol. The lowest BCUT2D eigenvalue weighted by atomic mass is 10.1. The predicted molar refractivity (Wildman–Crippen MR) is 213 cm³/mol. The molecule has 0 rings (SSSR count). The SMILES string of the molecule is CCCCCCCCCCCCCC[N+](C)(CCOCOCOCOCOCOCOCOCOCCO)CCOCOCOCOCOCOCOCOCOCCO. The average Bonchev–Trinajstić information content (AvgIpc) is 3.25. The van der Waals surface area contributed by atoms with Crippen molar-refractivity contribution >= 4 is 0 Å². The number of rotatable bonds is 55. The summed E-state index contributed by atoms with van der Waals surface area (Å²) in [4.78, 5) is 0. The minimum absolute atomic E-state index is 0.00332. The molecule has 0 aromatic heterocycles. The van der Waals surface area contributed by atoms with Crippen LogP contribution in [0.1, 0.15) is 84.0 Å². The molecule has 0 aliphatic rings. The van der Waals surface area contributed by atoms with E-state index in [2.05, 4.69) is 14.0 Å². The van der Waals surface area contributed by atoms with Gasteiger partial charge in [-0.1, -0.05) is 71.1 Å². The Bertz CT molecular complexity index is 739. The van der Waals surface area contributed by atoms with E-state index < -0.39 is 0 Å². The first-order chi connectivity index (χ1) is 29.7. The van der Waals surface area contributed by atoms with Crippen LogP contribution in [0.3, 0.4) is 0 Å². The van der Waals surface area contributed by atoms with Gasteiger partial charge in [0.15, 0.2) is 81.5 Å². The zero-order valence-electron chi connectivity index (χ0n) is 36.9. The zero-order valence-corrected chi connectivity index (χ0v) is 36.9. The Labute approximate surface area is 358 Å². The van der Waals surface area contributed by atoms with E-state index in [0.29, 0.717) is 13.2 Å². The summed E-state index contributed by atoms with van der Waals surface area (Å²) in [6.45, 7) is 6.37. The van der Waals surface area contributed by atoms with Crippen LogP contribution in [-0.4, -0.2) is 190 Å². The molecule has 0 aliphatic carbocycles. The van der Waals surface area contributed by atoms with Gasteiger partial charge in [-0.15, -0.1) is 0 Å². The van der Waals surface area contributed by atoms with Gasteiger partial charge >= 0.3 is 0 Å². The number of hydrogen-bond donors (Lipinski definition) is 2. The van der Waals surface area contributed by atoms with Crippen molar-refractivity contribution in [2.24, 2.45) is 0 Å². The Morgan fingerprint density at radius 1 is 0.267 bits per heavy atom. The van der Waals surface area contributed by atoms with Crippen molar-refractivity contribution in [3.05, 3.63) is 0 Å². The highest BCUT2D eigenvalue weighted by atomic mass is 16.8. The first-order valence-electron chi connectivity index (χ1n) is 21.1. The summed E-state index contributed by atoms with van der Waals surface area (Å²) in [5.41, 5.74) is 0. The third kappa shape index (κ3) is 49.8. The molecule has 0 aliphatic heterocycles. The largest absolute Gasteiger partial charge is 0.394 e. The molecule has 362 valence electrons. The van der Waals surface area contributed by atoms with Gasteiger partial charge in [0, 0.05) is 0 Å². The highest BCUT2D eigenvalue weighted by molar-refractivity contribution is 4.50. The number of nitrogens with zero attached hydrogens (tertiary/aromatic N) is 1. The number of hydrogen-bond acceptors (Lipinski definition) is 20. The molecule has 0 fully saturated rings. The second kappa shape index (κ2) is 52.5. The third-order valence-corrected chi connectivity index (χ3v) is 8.24. The van der Waals surface area contributed by atoms with Crippen molar-refractivity contribution < 1.29 is 100.0 Å². The minimum atomic E-state index is -0.0639. The molecule has 0 bridgehead atoms. The van der Waals surface area contributed by atoms with Crippen LogP contribution in [0.2, 0.25) is 0 Å². The molecule has 0 amide bonds. The van der Waals surface area contributed by atoms with E-state index in [1.807, 2.05) is 0 Å². The fourth-order valence-corrected chi connectivity index (χ4v) is 5.02. The number of aliphatic hydroxyl groups excluding tert-OH is 2. The van der Waals surface area contributed by atoms with Crippen LogP contribution >= 0.6 is 0 Å². The lowest BCUT2D eigenvalue weighted by molar-refractivity contribution is -0.910. The number of quaternary nitrogens is 1. The van der Waals surface area contributed by atoms with E-state index in [9.17, 15) is 0 Å². The van der Waals surface area contributed by atoms with Crippen molar-refractivity contribution in [3.8, 4) is 0 Å². The number of aliphatic hydroxyl groups is 2. The van der Waals surface area contributed by atoms with Crippen LogP contribution in [0.4, 0.5) is 0 Å². The molecule has 0 radical (unpaired) electrons. The third-order valence-electron chi connectivity index (χ3n) is 8.24. The molecule has 0 heterocycles. The molecule has 21 heteroatoms. The maximum Gasteiger partial charge on any atom is 0.152 e. The molecule has 0 unspecified atom stereocenters. The van der Waals surface area contributed by atoms with E-state index in [4.69, 9.17) is 95.5 Å². The topological polar surface area (TPSA) is 207 Å². The van der Waals surface area contributed by atoms with Crippen molar-refractivity contribution in [3.63, 3.8) is 0 Å². The van der Waals surface area contributed by atoms with Gasteiger partial charge in [0.2, 0.25) is 0 Å². The Morgan fingerprint density at radius 3 is 0.733 bits per heavy atom. The van der Waals surface area contributed by atoms with Gasteiger partial charge in [0.25, 0.3) is 0 Å². The lowest BCUT2D eigenvalue weighted by Crippen LogP contribution is -2.49. The van der Waals surface area contributed by atoms with Crippen molar-refractivity contribution in [2.45, 2.75) is 84.0 Å². The predicted octanol–water partition coefficient (Wildman–Crippen LogP) is 3.74. The van der Waals surface area contributed by atoms with E-state index in [1.54, 1.807) is 0 Å². The van der Waals surface area contributed by atoms with Crippen molar-refractivity contribution in [2.75, 3.05) is 175 Å². The zero-order chi connectivity index (χ0) is 43.4. The average molecular weight is 885 g/mol. The minimum Gasteiger partial charge on any atom is -0.394 e. The standard InChI is InChI=1S/C39H82NO20/c1-3-4-5-6-7-8-9-10-11-12-13-14-15-40(2,16-20-43-24-47-28-51-32-55-36-59-38-57-34-53-30-49-26-45-22-18-41)17-21-44-25-48-29-52-33-56-37-60-39-58-35-54-31-50-27-46-23-19-42/h41-42H,3-39H2,1-2H3/q+1. The molecular formula is C39H82NO20+. The summed E-state index contributed by atoms with van der Waals surface area (Å²) in [7, 11) is 2.23. The summed E-state index contributed by atoms with van der Waals surface area (Å²) >= 11 is 0. The number of ether oxygens (including phenoxy) is 18. The van der Waals surface area contributed by atoms with E-state index in [1.165, 1.54) is 70.6 Å². The molecule has 0 saturated carbocycles. The quantitative estimate of drug-likeness (QED) is 0.0507. The molecule has 0 atom stereocenters. The van der Waals surface area contributed by atoms with E-state index in [-0.39, 0.29) is 135 Å². The highest BCUT2D eigenvalue weighted by Crippen LogP contribution is 2.13. The van der Waals surface area contributed by atoms with Crippen molar-refractivity contribution in [1.29, 1.82) is 0 Å².